The van der Waals surface area contributed by atoms with Gasteiger partial charge >= 0.3 is 17.9 Å². The van der Waals surface area contributed by atoms with Crippen molar-refractivity contribution >= 4 is 33.8 Å². The summed E-state index contributed by atoms with van der Waals surface area (Å²) in [7, 11) is 0. The van der Waals surface area contributed by atoms with E-state index in [-0.39, 0.29) is 6.61 Å². The molecule has 0 saturated carbocycles. The first kappa shape index (κ1) is 15.9. The summed E-state index contributed by atoms with van der Waals surface area (Å²) in [6.07, 6.45) is -2.62. The SMILES string of the molecule is CC(=O)O[C@@H]1[C@H](OC(C)=O)[C@@H](Br)OC[C@H]1OC(C)=O. The minimum atomic E-state index is -0.913. The van der Waals surface area contributed by atoms with Gasteiger partial charge in [0.1, 0.15) is 0 Å². The summed E-state index contributed by atoms with van der Waals surface area (Å²) in [4.78, 5) is 33.2. The van der Waals surface area contributed by atoms with Crippen LogP contribution in [0.1, 0.15) is 20.8 Å². The Kier molecular flexibility index (Phi) is 5.74. The molecule has 0 aliphatic carbocycles. The standard InChI is InChI=1S/C11H15BrO7/c1-5(13)17-8-4-16-11(12)10(19-7(3)15)9(8)18-6(2)14/h8-11H,4H2,1-3H3/t8-,9+,10+,11+/m1/s1. The summed E-state index contributed by atoms with van der Waals surface area (Å²) in [5.74, 6) is -1.67. The van der Waals surface area contributed by atoms with Gasteiger partial charge in [0.05, 0.1) is 6.61 Å². The zero-order valence-electron chi connectivity index (χ0n) is 10.8. The fourth-order valence-corrected chi connectivity index (χ4v) is 2.26. The summed E-state index contributed by atoms with van der Waals surface area (Å²) >= 11 is 3.18. The Morgan fingerprint density at radius 2 is 1.42 bits per heavy atom. The molecule has 0 amide bonds. The average Bonchev–Trinajstić information content (AvgIpc) is 2.25. The van der Waals surface area contributed by atoms with Crippen molar-refractivity contribution in [1.82, 2.24) is 0 Å². The molecule has 0 N–H and O–H groups in total. The lowest BCUT2D eigenvalue weighted by molar-refractivity contribution is -0.212. The first-order valence-corrected chi connectivity index (χ1v) is 6.50. The third-order valence-electron chi connectivity index (χ3n) is 2.29. The van der Waals surface area contributed by atoms with Gasteiger partial charge in [0.15, 0.2) is 23.3 Å². The third-order valence-corrected chi connectivity index (χ3v) is 3.08. The van der Waals surface area contributed by atoms with Crippen LogP contribution in [0.2, 0.25) is 0 Å². The summed E-state index contributed by atoms with van der Waals surface area (Å²) < 4.78 is 20.4. The number of alkyl halides is 1. The largest absolute Gasteiger partial charge is 0.456 e. The van der Waals surface area contributed by atoms with Gasteiger partial charge in [0.25, 0.3) is 0 Å². The van der Waals surface area contributed by atoms with Gasteiger partial charge in [-0.25, -0.2) is 0 Å². The van der Waals surface area contributed by atoms with Crippen LogP contribution >= 0.6 is 15.9 Å². The number of rotatable bonds is 3. The molecule has 19 heavy (non-hydrogen) atoms. The maximum absolute atomic E-state index is 11.1. The molecule has 7 nitrogen and oxygen atoms in total. The van der Waals surface area contributed by atoms with Gasteiger partial charge in [0, 0.05) is 20.8 Å². The van der Waals surface area contributed by atoms with Gasteiger partial charge in [-0.2, -0.15) is 0 Å². The number of carbonyl (C=O) groups excluding carboxylic acids is 3. The second-order valence-electron chi connectivity index (χ2n) is 3.98. The van der Waals surface area contributed by atoms with E-state index in [1.165, 1.54) is 20.8 Å². The molecule has 1 aliphatic heterocycles. The number of halogens is 1. The van der Waals surface area contributed by atoms with Crippen LogP contribution in [-0.4, -0.2) is 47.8 Å². The Labute approximate surface area is 118 Å². The highest BCUT2D eigenvalue weighted by Crippen LogP contribution is 2.27. The van der Waals surface area contributed by atoms with Crippen molar-refractivity contribution in [2.24, 2.45) is 0 Å². The number of carbonyl (C=O) groups is 3. The number of hydrogen-bond acceptors (Lipinski definition) is 7. The first-order chi connectivity index (χ1) is 8.81. The van der Waals surface area contributed by atoms with Crippen LogP contribution in [0.5, 0.6) is 0 Å². The highest BCUT2D eigenvalue weighted by molar-refractivity contribution is 9.09. The van der Waals surface area contributed by atoms with Gasteiger partial charge in [-0.1, -0.05) is 15.9 Å². The monoisotopic (exact) mass is 338 g/mol. The van der Waals surface area contributed by atoms with Gasteiger partial charge in [-0.05, 0) is 0 Å². The van der Waals surface area contributed by atoms with Crippen LogP contribution in [0.25, 0.3) is 0 Å². The van der Waals surface area contributed by atoms with E-state index in [1.807, 2.05) is 0 Å². The van der Waals surface area contributed by atoms with E-state index in [0.29, 0.717) is 0 Å². The summed E-state index contributed by atoms with van der Waals surface area (Å²) in [5, 5.41) is -0.646. The second-order valence-corrected chi connectivity index (χ2v) is 4.88. The molecule has 0 spiro atoms. The predicted octanol–water partition coefficient (Wildman–Crippen LogP) is 0.533. The molecule has 108 valence electrons. The van der Waals surface area contributed by atoms with Crippen molar-refractivity contribution in [1.29, 1.82) is 0 Å². The van der Waals surface area contributed by atoms with E-state index in [4.69, 9.17) is 18.9 Å². The maximum atomic E-state index is 11.1. The molecule has 0 aromatic heterocycles. The Morgan fingerprint density at radius 3 is 1.89 bits per heavy atom. The summed E-state index contributed by atoms with van der Waals surface area (Å²) in [6.45, 7) is 3.70. The van der Waals surface area contributed by atoms with E-state index >= 15 is 0 Å². The Bertz CT molecular complexity index is 370. The Morgan fingerprint density at radius 1 is 0.947 bits per heavy atom. The minimum Gasteiger partial charge on any atom is -0.456 e. The van der Waals surface area contributed by atoms with Crippen LogP contribution in [0.15, 0.2) is 0 Å². The molecular formula is C11H15BrO7. The molecule has 8 heteroatoms. The molecule has 4 atom stereocenters. The normalized spacial score (nSPS) is 30.3. The molecule has 1 saturated heterocycles. The number of ether oxygens (including phenoxy) is 4. The van der Waals surface area contributed by atoms with Crippen LogP contribution in [-0.2, 0) is 33.3 Å². The van der Waals surface area contributed by atoms with Crippen molar-refractivity contribution < 1.29 is 33.3 Å². The molecule has 0 aromatic rings. The quantitative estimate of drug-likeness (QED) is 0.421. The third kappa shape index (κ3) is 4.79. The lowest BCUT2D eigenvalue weighted by Crippen LogP contribution is -2.55. The molecule has 0 radical (unpaired) electrons. The van der Waals surface area contributed by atoms with E-state index in [9.17, 15) is 14.4 Å². The van der Waals surface area contributed by atoms with Gasteiger partial charge in [-0.3, -0.25) is 14.4 Å². The number of hydrogen-bond donors (Lipinski definition) is 0. The molecule has 0 aromatic carbocycles. The van der Waals surface area contributed by atoms with E-state index in [0.717, 1.165) is 0 Å². The molecule has 0 unspecified atom stereocenters. The molecule has 1 fully saturated rings. The van der Waals surface area contributed by atoms with Crippen molar-refractivity contribution in [3.05, 3.63) is 0 Å². The summed E-state index contributed by atoms with van der Waals surface area (Å²) in [5.41, 5.74) is 0. The minimum absolute atomic E-state index is 0.0329. The number of esters is 3. The molecule has 1 aliphatic rings. The van der Waals surface area contributed by atoms with Gasteiger partial charge in [-0.15, -0.1) is 0 Å². The first-order valence-electron chi connectivity index (χ1n) is 5.58. The fraction of sp³-hybridized carbons (Fsp3) is 0.727. The van der Waals surface area contributed by atoms with Crippen LogP contribution in [0, 0.1) is 0 Å². The lowest BCUT2D eigenvalue weighted by Gasteiger charge is -2.38. The van der Waals surface area contributed by atoms with Gasteiger partial charge in [0.2, 0.25) is 0 Å². The molecule has 0 bridgehead atoms. The van der Waals surface area contributed by atoms with Crippen LogP contribution in [0.4, 0.5) is 0 Å². The van der Waals surface area contributed by atoms with E-state index in [1.54, 1.807) is 0 Å². The fourth-order valence-electron chi connectivity index (χ4n) is 1.70. The molecule has 1 heterocycles. The average molecular weight is 339 g/mol. The van der Waals surface area contributed by atoms with Crippen molar-refractivity contribution in [2.45, 2.75) is 44.1 Å². The van der Waals surface area contributed by atoms with Crippen LogP contribution in [0.3, 0.4) is 0 Å². The molecule has 1 rings (SSSR count). The smallest absolute Gasteiger partial charge is 0.303 e. The lowest BCUT2D eigenvalue weighted by atomic mass is 10.1. The molecular weight excluding hydrogens is 324 g/mol. The Balaban J connectivity index is 2.89. The van der Waals surface area contributed by atoms with E-state index in [2.05, 4.69) is 15.9 Å². The predicted molar refractivity (Wildman–Crippen MR) is 65.3 cm³/mol. The van der Waals surface area contributed by atoms with Crippen molar-refractivity contribution in [2.75, 3.05) is 6.61 Å². The Hall–Kier alpha value is -1.15. The topological polar surface area (TPSA) is 88.1 Å². The zero-order chi connectivity index (χ0) is 14.6. The highest BCUT2D eigenvalue weighted by atomic mass is 79.9. The van der Waals surface area contributed by atoms with Gasteiger partial charge < -0.3 is 18.9 Å². The van der Waals surface area contributed by atoms with Crippen LogP contribution < -0.4 is 0 Å². The van der Waals surface area contributed by atoms with Crippen molar-refractivity contribution in [3.8, 4) is 0 Å². The highest BCUT2D eigenvalue weighted by Gasteiger charge is 2.45. The maximum Gasteiger partial charge on any atom is 0.303 e. The van der Waals surface area contributed by atoms with E-state index < -0.39 is 41.2 Å². The second kappa shape index (κ2) is 6.85. The summed E-state index contributed by atoms with van der Waals surface area (Å²) in [6, 6.07) is 0. The van der Waals surface area contributed by atoms with Crippen molar-refractivity contribution in [3.63, 3.8) is 0 Å². The zero-order valence-corrected chi connectivity index (χ0v) is 12.3.